The summed E-state index contributed by atoms with van der Waals surface area (Å²) < 4.78 is 27.1. The number of nitrogens with zero attached hydrogens (tertiary/aromatic N) is 2. The van der Waals surface area contributed by atoms with Gasteiger partial charge in [-0.3, -0.25) is 4.79 Å². The summed E-state index contributed by atoms with van der Waals surface area (Å²) in [4.78, 5) is 21.0. The first kappa shape index (κ1) is 21.4. The van der Waals surface area contributed by atoms with Crippen LogP contribution in [0.3, 0.4) is 0 Å². The van der Waals surface area contributed by atoms with E-state index >= 15 is 4.39 Å². The fourth-order valence-electron chi connectivity index (χ4n) is 5.92. The third kappa shape index (κ3) is 3.33. The second-order valence-electron chi connectivity index (χ2n) is 9.18. The molecule has 1 N–H and O–H groups in total. The van der Waals surface area contributed by atoms with Gasteiger partial charge in [0.1, 0.15) is 16.9 Å². The number of fused-ring (bicyclic) bond motifs is 6. The minimum atomic E-state index is -0.623. The highest BCUT2D eigenvalue weighted by Crippen LogP contribution is 2.47. The quantitative estimate of drug-likeness (QED) is 0.276. The Morgan fingerprint density at radius 3 is 2.59 bits per heavy atom. The Kier molecular flexibility index (Phi) is 5.17. The van der Waals surface area contributed by atoms with Gasteiger partial charge in [-0.25, -0.2) is 9.37 Å². The standard InChI is InChI=1S/C26H23ClFN3O3/c1-33-25(32)19-13-9-11-14(12-10-13)21(19)29-24-20(28)22(30-26(27)31-24)17-7-4-6-16-15-5-2-3-8-18(15)34-23(16)17/h2-8,13-14,19,21H,9-12H2,1H3,(H,29,30,31). The molecule has 0 amide bonds. The van der Waals surface area contributed by atoms with Gasteiger partial charge in [0.05, 0.1) is 13.0 Å². The lowest BCUT2D eigenvalue weighted by Crippen LogP contribution is -2.52. The van der Waals surface area contributed by atoms with Gasteiger partial charge in [-0.05, 0) is 61.3 Å². The average molecular weight is 480 g/mol. The molecule has 2 heterocycles. The number of hydrogen-bond acceptors (Lipinski definition) is 6. The van der Waals surface area contributed by atoms with E-state index in [-0.39, 0.29) is 46.6 Å². The zero-order chi connectivity index (χ0) is 23.4. The fraction of sp³-hybridized carbons (Fsp3) is 0.346. The maximum atomic E-state index is 15.9. The number of hydrogen-bond donors (Lipinski definition) is 1. The molecule has 3 aliphatic carbocycles. The van der Waals surface area contributed by atoms with Crippen LogP contribution >= 0.6 is 11.6 Å². The van der Waals surface area contributed by atoms with Crippen molar-refractivity contribution < 1.29 is 18.3 Å². The molecule has 0 spiro atoms. The van der Waals surface area contributed by atoms with E-state index in [1.54, 1.807) is 6.07 Å². The van der Waals surface area contributed by atoms with Crippen molar-refractivity contribution in [3.8, 4) is 11.3 Å². The largest absolute Gasteiger partial charge is 0.469 e. The molecule has 3 aliphatic rings. The summed E-state index contributed by atoms with van der Waals surface area (Å²) in [5.74, 6) is -0.770. The molecule has 8 heteroatoms. The number of benzene rings is 2. The van der Waals surface area contributed by atoms with Crippen molar-refractivity contribution in [2.24, 2.45) is 17.8 Å². The number of furan rings is 1. The lowest BCUT2D eigenvalue weighted by atomic mass is 9.61. The van der Waals surface area contributed by atoms with Crippen LogP contribution in [-0.4, -0.2) is 29.1 Å². The maximum Gasteiger partial charge on any atom is 0.311 e. The van der Waals surface area contributed by atoms with Crippen LogP contribution in [0.15, 0.2) is 46.9 Å². The van der Waals surface area contributed by atoms with Crippen molar-refractivity contribution in [3.63, 3.8) is 0 Å². The van der Waals surface area contributed by atoms with Crippen LogP contribution in [0.4, 0.5) is 10.2 Å². The maximum absolute atomic E-state index is 15.9. The SMILES string of the molecule is COC(=O)C1C2CCC(CC2)C1Nc1nc(Cl)nc(-c2cccc3c2oc2ccccc23)c1F. The summed E-state index contributed by atoms with van der Waals surface area (Å²) in [5.41, 5.74) is 1.80. The number of para-hydroxylation sites is 2. The topological polar surface area (TPSA) is 77.2 Å². The third-order valence-electron chi connectivity index (χ3n) is 7.48. The number of anilines is 1. The van der Waals surface area contributed by atoms with Gasteiger partial charge in [-0.1, -0.05) is 30.3 Å². The van der Waals surface area contributed by atoms with E-state index < -0.39 is 5.82 Å². The molecule has 3 fully saturated rings. The monoisotopic (exact) mass is 479 g/mol. The number of ether oxygens (including phenoxy) is 1. The number of carbonyl (C=O) groups is 1. The first-order valence-electron chi connectivity index (χ1n) is 11.5. The van der Waals surface area contributed by atoms with Crippen molar-refractivity contribution >= 4 is 45.3 Å². The Labute approximate surface area is 200 Å². The predicted octanol–water partition coefficient (Wildman–Crippen LogP) is 6.23. The van der Waals surface area contributed by atoms with E-state index in [0.29, 0.717) is 16.7 Å². The summed E-state index contributed by atoms with van der Waals surface area (Å²) in [6, 6.07) is 12.9. The van der Waals surface area contributed by atoms with E-state index in [4.69, 9.17) is 20.8 Å². The molecule has 3 saturated carbocycles. The van der Waals surface area contributed by atoms with Gasteiger partial charge in [0, 0.05) is 22.4 Å². The van der Waals surface area contributed by atoms with Crippen molar-refractivity contribution in [2.75, 3.05) is 12.4 Å². The fourth-order valence-corrected chi connectivity index (χ4v) is 6.09. The second-order valence-corrected chi connectivity index (χ2v) is 9.52. The lowest BCUT2D eigenvalue weighted by Gasteiger charge is -2.47. The molecule has 174 valence electrons. The zero-order valence-corrected chi connectivity index (χ0v) is 19.3. The zero-order valence-electron chi connectivity index (χ0n) is 18.6. The molecule has 0 radical (unpaired) electrons. The number of rotatable bonds is 4. The van der Waals surface area contributed by atoms with Crippen LogP contribution in [0.5, 0.6) is 0 Å². The Hall–Kier alpha value is -3.19. The molecule has 2 atom stereocenters. The van der Waals surface area contributed by atoms with Gasteiger partial charge in [-0.2, -0.15) is 4.98 Å². The van der Waals surface area contributed by atoms with E-state index in [9.17, 15) is 4.79 Å². The summed E-state index contributed by atoms with van der Waals surface area (Å²) in [6.07, 6.45) is 3.94. The van der Waals surface area contributed by atoms with Gasteiger partial charge in [0.2, 0.25) is 5.28 Å². The molecule has 6 nitrogen and oxygen atoms in total. The molecule has 0 saturated heterocycles. The van der Waals surface area contributed by atoms with E-state index in [0.717, 1.165) is 36.5 Å². The molecule has 34 heavy (non-hydrogen) atoms. The Bertz CT molecular complexity index is 1410. The van der Waals surface area contributed by atoms with Crippen molar-refractivity contribution in [3.05, 3.63) is 53.6 Å². The highest BCUT2D eigenvalue weighted by atomic mass is 35.5. The minimum absolute atomic E-state index is 0.00503. The minimum Gasteiger partial charge on any atom is -0.469 e. The first-order valence-corrected chi connectivity index (χ1v) is 11.9. The van der Waals surface area contributed by atoms with Crippen LogP contribution in [0, 0.1) is 23.6 Å². The molecule has 2 aromatic carbocycles. The van der Waals surface area contributed by atoms with Crippen molar-refractivity contribution in [1.82, 2.24) is 9.97 Å². The summed E-state index contributed by atoms with van der Waals surface area (Å²) in [5, 5.41) is 4.96. The van der Waals surface area contributed by atoms with Crippen LogP contribution in [-0.2, 0) is 9.53 Å². The molecular formula is C26H23ClFN3O3. The molecule has 2 unspecified atom stereocenters. The Morgan fingerprint density at radius 1 is 1.06 bits per heavy atom. The summed E-state index contributed by atoms with van der Waals surface area (Å²) in [7, 11) is 1.40. The van der Waals surface area contributed by atoms with Crippen molar-refractivity contribution in [2.45, 2.75) is 31.7 Å². The van der Waals surface area contributed by atoms with Crippen LogP contribution < -0.4 is 5.32 Å². The molecule has 2 aromatic heterocycles. The van der Waals surface area contributed by atoms with E-state index in [1.165, 1.54) is 7.11 Å². The van der Waals surface area contributed by atoms with E-state index in [1.807, 2.05) is 36.4 Å². The number of carbonyl (C=O) groups excluding carboxylic acids is 1. The number of aromatic nitrogens is 2. The van der Waals surface area contributed by atoms with Gasteiger partial charge in [0.25, 0.3) is 0 Å². The average Bonchev–Trinajstić information content (AvgIpc) is 3.25. The Morgan fingerprint density at radius 2 is 1.79 bits per heavy atom. The molecule has 0 aliphatic heterocycles. The van der Waals surface area contributed by atoms with Crippen LogP contribution in [0.2, 0.25) is 5.28 Å². The lowest BCUT2D eigenvalue weighted by molar-refractivity contribution is -0.152. The summed E-state index contributed by atoms with van der Waals surface area (Å²) in [6.45, 7) is 0. The molecular weight excluding hydrogens is 457 g/mol. The second kappa shape index (κ2) is 8.24. The Balaban J connectivity index is 1.45. The van der Waals surface area contributed by atoms with Crippen LogP contribution in [0.1, 0.15) is 25.7 Å². The third-order valence-corrected chi connectivity index (χ3v) is 7.65. The first-order chi connectivity index (χ1) is 16.5. The normalized spacial score (nSPS) is 24.0. The van der Waals surface area contributed by atoms with Crippen LogP contribution in [0.25, 0.3) is 33.2 Å². The molecule has 2 bridgehead atoms. The number of halogens is 2. The van der Waals surface area contributed by atoms with Crippen molar-refractivity contribution in [1.29, 1.82) is 0 Å². The molecule has 4 aromatic rings. The number of methoxy groups -OCH3 is 1. The summed E-state index contributed by atoms with van der Waals surface area (Å²) >= 11 is 6.27. The number of esters is 1. The van der Waals surface area contributed by atoms with E-state index in [2.05, 4.69) is 15.3 Å². The predicted molar refractivity (Wildman–Crippen MR) is 128 cm³/mol. The molecule has 7 rings (SSSR count). The van der Waals surface area contributed by atoms with Gasteiger partial charge < -0.3 is 14.5 Å². The number of nitrogens with one attached hydrogen (secondary N) is 1. The smallest absolute Gasteiger partial charge is 0.311 e. The highest BCUT2D eigenvalue weighted by Gasteiger charge is 2.48. The van der Waals surface area contributed by atoms with Gasteiger partial charge >= 0.3 is 5.97 Å². The van der Waals surface area contributed by atoms with Gasteiger partial charge in [0.15, 0.2) is 11.6 Å². The highest BCUT2D eigenvalue weighted by molar-refractivity contribution is 6.28. The van der Waals surface area contributed by atoms with Gasteiger partial charge in [-0.15, -0.1) is 0 Å².